The van der Waals surface area contributed by atoms with Crippen LogP contribution in [-0.2, 0) is 10.9 Å². The molecule has 1 aliphatic rings. The molecule has 0 bridgehead atoms. The number of halogens is 3. The molecular formula is C29H31F3N8O3. The van der Waals surface area contributed by atoms with Crippen LogP contribution < -0.4 is 4.74 Å². The SMILES string of the molecule is Cc1c(-c2cc(OC(C)c3cncc(C(F)(F)F)c3)n3c(C#N)cnc3c2)nnn1C1CCN(C(=O)OC(C)(C)C)CC1. The highest BCUT2D eigenvalue weighted by molar-refractivity contribution is 5.69. The number of amides is 1. The summed E-state index contributed by atoms with van der Waals surface area (Å²) in [5.41, 5.74) is 1.32. The number of piperidine rings is 1. The number of fused-ring (bicyclic) bond motifs is 1. The second-order valence-corrected chi connectivity index (χ2v) is 11.5. The van der Waals surface area contributed by atoms with Crippen LogP contribution in [-0.4, -0.2) is 59.0 Å². The quantitative estimate of drug-likeness (QED) is 0.279. The van der Waals surface area contributed by atoms with E-state index in [1.54, 1.807) is 24.0 Å². The minimum atomic E-state index is -4.55. The van der Waals surface area contributed by atoms with Gasteiger partial charge in [0, 0.05) is 42.7 Å². The first-order chi connectivity index (χ1) is 20.2. The van der Waals surface area contributed by atoms with Crippen molar-refractivity contribution in [2.24, 2.45) is 0 Å². The van der Waals surface area contributed by atoms with E-state index < -0.39 is 23.4 Å². The lowest BCUT2D eigenvalue weighted by Gasteiger charge is -2.33. The average molecular weight is 597 g/mol. The average Bonchev–Trinajstić information content (AvgIpc) is 3.55. The Morgan fingerprint density at radius 1 is 1.12 bits per heavy atom. The third-order valence-corrected chi connectivity index (χ3v) is 7.20. The molecule has 1 saturated heterocycles. The van der Waals surface area contributed by atoms with Crippen LogP contribution in [0.25, 0.3) is 16.9 Å². The van der Waals surface area contributed by atoms with Crippen molar-refractivity contribution in [2.75, 3.05) is 13.1 Å². The number of hydrogen-bond donors (Lipinski definition) is 0. The highest BCUT2D eigenvalue weighted by atomic mass is 19.4. The zero-order chi connectivity index (χ0) is 31.1. The number of ether oxygens (including phenoxy) is 2. The van der Waals surface area contributed by atoms with Gasteiger partial charge in [-0.2, -0.15) is 18.4 Å². The lowest BCUT2D eigenvalue weighted by atomic mass is 10.0. The number of alkyl halides is 3. The molecule has 4 aromatic rings. The Bertz CT molecular complexity index is 1690. The number of imidazole rings is 1. The fourth-order valence-corrected chi connectivity index (χ4v) is 5.04. The maximum Gasteiger partial charge on any atom is 0.417 e. The number of likely N-dealkylation sites (tertiary alicyclic amines) is 1. The van der Waals surface area contributed by atoms with Crippen LogP contribution in [0.4, 0.5) is 18.0 Å². The van der Waals surface area contributed by atoms with Gasteiger partial charge in [-0.15, -0.1) is 5.10 Å². The molecular weight excluding hydrogens is 565 g/mol. The minimum Gasteiger partial charge on any atom is -0.471 e. The molecule has 1 fully saturated rings. The van der Waals surface area contributed by atoms with E-state index in [9.17, 15) is 23.2 Å². The first-order valence-corrected chi connectivity index (χ1v) is 13.8. The smallest absolute Gasteiger partial charge is 0.417 e. The molecule has 1 atom stereocenters. The van der Waals surface area contributed by atoms with Gasteiger partial charge in [-0.1, -0.05) is 5.21 Å². The number of aromatic nitrogens is 6. The van der Waals surface area contributed by atoms with Crippen LogP contribution in [0.5, 0.6) is 5.88 Å². The van der Waals surface area contributed by atoms with Crippen molar-refractivity contribution in [3.63, 3.8) is 0 Å². The van der Waals surface area contributed by atoms with Gasteiger partial charge in [-0.3, -0.25) is 9.38 Å². The Kier molecular flexibility index (Phi) is 7.76. The molecule has 0 radical (unpaired) electrons. The van der Waals surface area contributed by atoms with Crippen LogP contribution in [0.15, 0.2) is 36.8 Å². The lowest BCUT2D eigenvalue weighted by Crippen LogP contribution is -2.42. The molecule has 0 saturated carbocycles. The molecule has 1 aliphatic heterocycles. The predicted octanol–water partition coefficient (Wildman–Crippen LogP) is 5.90. The molecule has 43 heavy (non-hydrogen) atoms. The van der Waals surface area contributed by atoms with Crippen molar-refractivity contribution >= 4 is 11.7 Å². The maximum absolute atomic E-state index is 13.3. The largest absolute Gasteiger partial charge is 0.471 e. The van der Waals surface area contributed by atoms with Crippen LogP contribution in [0, 0.1) is 18.3 Å². The van der Waals surface area contributed by atoms with Crippen LogP contribution in [0.3, 0.4) is 0 Å². The Labute approximate surface area is 245 Å². The molecule has 1 unspecified atom stereocenters. The zero-order valence-electron chi connectivity index (χ0n) is 24.4. The molecule has 226 valence electrons. The van der Waals surface area contributed by atoms with E-state index in [1.807, 2.05) is 32.4 Å². The molecule has 1 amide bonds. The van der Waals surface area contributed by atoms with Gasteiger partial charge in [-0.05, 0) is 59.6 Å². The van der Waals surface area contributed by atoms with Gasteiger partial charge in [0.15, 0.2) is 0 Å². The van der Waals surface area contributed by atoms with Crippen molar-refractivity contribution in [1.82, 2.24) is 34.3 Å². The summed E-state index contributed by atoms with van der Waals surface area (Å²) < 4.78 is 54.8. The summed E-state index contributed by atoms with van der Waals surface area (Å²) in [5, 5.41) is 18.5. The second-order valence-electron chi connectivity index (χ2n) is 11.5. The summed E-state index contributed by atoms with van der Waals surface area (Å²) in [7, 11) is 0. The topological polar surface area (TPSA) is 123 Å². The first kappa shape index (κ1) is 29.8. The van der Waals surface area contributed by atoms with Gasteiger partial charge in [0.1, 0.15) is 34.8 Å². The van der Waals surface area contributed by atoms with Gasteiger partial charge in [0.05, 0.1) is 23.5 Å². The molecule has 0 aromatic carbocycles. The van der Waals surface area contributed by atoms with Crippen molar-refractivity contribution in [2.45, 2.75) is 71.4 Å². The highest BCUT2D eigenvalue weighted by Gasteiger charge is 2.32. The third kappa shape index (κ3) is 6.25. The minimum absolute atomic E-state index is 0.0180. The number of nitriles is 1. The molecule has 14 heteroatoms. The molecule has 5 rings (SSSR count). The molecule has 4 aromatic heterocycles. The summed E-state index contributed by atoms with van der Waals surface area (Å²) >= 11 is 0. The predicted molar refractivity (Wildman–Crippen MR) is 148 cm³/mol. The van der Waals surface area contributed by atoms with Crippen molar-refractivity contribution < 1.29 is 27.4 Å². The lowest BCUT2D eigenvalue weighted by molar-refractivity contribution is -0.137. The van der Waals surface area contributed by atoms with Crippen molar-refractivity contribution in [3.8, 4) is 23.2 Å². The van der Waals surface area contributed by atoms with Crippen molar-refractivity contribution in [1.29, 1.82) is 5.26 Å². The monoisotopic (exact) mass is 596 g/mol. The fraction of sp³-hybridized carbons (Fsp3) is 0.448. The second kappa shape index (κ2) is 11.2. The number of nitrogens with zero attached hydrogens (tertiary/aromatic N) is 8. The van der Waals surface area contributed by atoms with Gasteiger partial charge >= 0.3 is 12.3 Å². The maximum atomic E-state index is 13.3. The van der Waals surface area contributed by atoms with Gasteiger partial charge in [0.25, 0.3) is 0 Å². The Hall–Kier alpha value is -4.67. The standard InChI is InChI=1S/C29H31F3N8O3/c1-17-26(36-37-40(17)22-6-8-38(9-7-22)27(41)43-28(3,4)5)19-11-24-35-16-23(13-33)39(24)25(12-19)42-18(2)20-10-21(15-34-14-20)29(30,31)32/h10-12,14-16,18,22H,6-9H2,1-5H3. The summed E-state index contributed by atoms with van der Waals surface area (Å²) in [6.45, 7) is 10.0. The molecule has 5 heterocycles. The van der Waals surface area contributed by atoms with E-state index in [0.717, 1.165) is 18.0 Å². The van der Waals surface area contributed by atoms with Crippen LogP contribution >= 0.6 is 0 Å². The number of carbonyl (C=O) groups excluding carboxylic acids is 1. The Morgan fingerprint density at radius 2 is 1.84 bits per heavy atom. The fourth-order valence-electron chi connectivity index (χ4n) is 5.04. The summed E-state index contributed by atoms with van der Waals surface area (Å²) in [6, 6.07) is 6.48. The van der Waals surface area contributed by atoms with Crippen LogP contribution in [0.1, 0.15) is 75.2 Å². The van der Waals surface area contributed by atoms with Crippen LogP contribution in [0.2, 0.25) is 0 Å². The normalized spacial score (nSPS) is 15.4. The number of rotatable bonds is 5. The first-order valence-electron chi connectivity index (χ1n) is 13.8. The number of pyridine rings is 2. The van der Waals surface area contributed by atoms with E-state index >= 15 is 0 Å². The number of carbonyl (C=O) groups is 1. The summed E-state index contributed by atoms with van der Waals surface area (Å²) in [5.74, 6) is 0.200. The molecule has 0 N–H and O–H groups in total. The molecule has 11 nitrogen and oxygen atoms in total. The highest BCUT2D eigenvalue weighted by Crippen LogP contribution is 2.34. The number of hydrogen-bond acceptors (Lipinski definition) is 8. The third-order valence-electron chi connectivity index (χ3n) is 7.20. The molecule has 0 aliphatic carbocycles. The molecule has 0 spiro atoms. The van der Waals surface area contributed by atoms with Gasteiger partial charge in [-0.25, -0.2) is 14.5 Å². The van der Waals surface area contributed by atoms with Crippen molar-refractivity contribution in [3.05, 3.63) is 59.3 Å². The Morgan fingerprint density at radius 3 is 2.49 bits per heavy atom. The summed E-state index contributed by atoms with van der Waals surface area (Å²) in [6.07, 6.45) is -0.927. The van der Waals surface area contributed by atoms with Gasteiger partial charge < -0.3 is 14.4 Å². The summed E-state index contributed by atoms with van der Waals surface area (Å²) in [4.78, 5) is 22.2. The van der Waals surface area contributed by atoms with E-state index in [-0.39, 0.29) is 29.3 Å². The van der Waals surface area contributed by atoms with E-state index in [0.29, 0.717) is 42.8 Å². The van der Waals surface area contributed by atoms with Gasteiger partial charge in [0.2, 0.25) is 5.88 Å². The van der Waals surface area contributed by atoms with E-state index in [2.05, 4.69) is 26.3 Å². The van der Waals surface area contributed by atoms with E-state index in [4.69, 9.17) is 9.47 Å². The zero-order valence-corrected chi connectivity index (χ0v) is 24.4. The Balaban J connectivity index is 1.42. The van der Waals surface area contributed by atoms with E-state index in [1.165, 1.54) is 16.8 Å².